The molecule has 0 fully saturated rings. The van der Waals surface area contributed by atoms with Crippen molar-refractivity contribution in [2.45, 2.75) is 25.9 Å². The topological polar surface area (TPSA) is 36.3 Å². The first-order valence-corrected chi connectivity index (χ1v) is 7.99. The summed E-state index contributed by atoms with van der Waals surface area (Å²) in [5, 5.41) is 8.09. The number of halogens is 1. The Labute approximate surface area is 131 Å². The van der Waals surface area contributed by atoms with Crippen LogP contribution in [-0.4, -0.2) is 67.4 Å². The minimum Gasteiger partial charge on any atom is -0.309 e. The molecule has 0 saturated carbocycles. The molecule has 1 rings (SSSR count). The van der Waals surface area contributed by atoms with Gasteiger partial charge in [-0.2, -0.15) is 5.10 Å². The van der Waals surface area contributed by atoms with Gasteiger partial charge in [-0.25, -0.2) is 0 Å². The molecule has 0 aliphatic rings. The Bertz CT molecular complexity index is 389. The summed E-state index contributed by atoms with van der Waals surface area (Å²) in [6.07, 6.45) is 2.98. The number of nitrogens with one attached hydrogen (secondary N) is 1. The van der Waals surface area contributed by atoms with E-state index >= 15 is 0 Å². The zero-order valence-corrected chi connectivity index (χ0v) is 14.9. The van der Waals surface area contributed by atoms with Crippen LogP contribution in [0.5, 0.6) is 0 Å². The van der Waals surface area contributed by atoms with Crippen molar-refractivity contribution >= 4 is 15.9 Å². The fraction of sp³-hybridized carbons (Fsp3) is 0.786. The van der Waals surface area contributed by atoms with Gasteiger partial charge < -0.3 is 15.1 Å². The molecule has 0 aliphatic heterocycles. The van der Waals surface area contributed by atoms with Crippen molar-refractivity contribution in [3.05, 3.63) is 16.4 Å². The first kappa shape index (κ1) is 17.6. The van der Waals surface area contributed by atoms with Gasteiger partial charge in [0.15, 0.2) is 0 Å². The lowest BCUT2D eigenvalue weighted by Crippen LogP contribution is -2.29. The third-order valence-corrected chi connectivity index (χ3v) is 3.85. The van der Waals surface area contributed by atoms with Crippen LogP contribution >= 0.6 is 15.9 Å². The average molecular weight is 346 g/mol. The van der Waals surface area contributed by atoms with Crippen molar-refractivity contribution in [2.24, 2.45) is 0 Å². The smallest absolute Gasteiger partial charge is 0.0696 e. The maximum Gasteiger partial charge on any atom is 0.0696 e. The summed E-state index contributed by atoms with van der Waals surface area (Å²) >= 11 is 3.65. The Balaban J connectivity index is 2.84. The van der Waals surface area contributed by atoms with Gasteiger partial charge in [-0.1, -0.05) is 6.92 Å². The molecule has 20 heavy (non-hydrogen) atoms. The van der Waals surface area contributed by atoms with Crippen LogP contribution in [0, 0.1) is 0 Å². The number of rotatable bonds is 9. The lowest BCUT2D eigenvalue weighted by molar-refractivity contribution is 0.338. The highest BCUT2D eigenvalue weighted by molar-refractivity contribution is 9.10. The highest BCUT2D eigenvalue weighted by Crippen LogP contribution is 2.25. The predicted octanol–water partition coefficient (Wildman–Crippen LogP) is 1.81. The van der Waals surface area contributed by atoms with Crippen molar-refractivity contribution in [1.82, 2.24) is 24.9 Å². The quantitative estimate of drug-likeness (QED) is 0.740. The summed E-state index contributed by atoms with van der Waals surface area (Å²) in [5.41, 5.74) is 1.26. The van der Waals surface area contributed by atoms with Crippen molar-refractivity contribution in [2.75, 3.05) is 47.8 Å². The van der Waals surface area contributed by atoms with E-state index in [0.29, 0.717) is 6.04 Å². The third-order valence-electron chi connectivity index (χ3n) is 3.24. The van der Waals surface area contributed by atoms with E-state index in [-0.39, 0.29) is 0 Å². The molecule has 6 heteroatoms. The Morgan fingerprint density at radius 3 is 2.45 bits per heavy atom. The molecule has 1 heterocycles. The number of hydrogen-bond donors (Lipinski definition) is 1. The van der Waals surface area contributed by atoms with Gasteiger partial charge in [0.1, 0.15) is 0 Å². The molecule has 116 valence electrons. The first-order valence-electron chi connectivity index (χ1n) is 7.19. The van der Waals surface area contributed by atoms with Crippen LogP contribution in [0.1, 0.15) is 25.1 Å². The largest absolute Gasteiger partial charge is 0.309 e. The molecule has 0 aliphatic carbocycles. The zero-order valence-electron chi connectivity index (χ0n) is 13.4. The third kappa shape index (κ3) is 5.52. The van der Waals surface area contributed by atoms with E-state index in [0.717, 1.165) is 37.1 Å². The van der Waals surface area contributed by atoms with Gasteiger partial charge in [0, 0.05) is 6.54 Å². The molecule has 0 radical (unpaired) electrons. The van der Waals surface area contributed by atoms with E-state index in [1.807, 2.05) is 6.20 Å². The second-order valence-corrected chi connectivity index (χ2v) is 6.46. The van der Waals surface area contributed by atoms with E-state index in [1.165, 1.54) is 5.69 Å². The molecule has 1 atom stereocenters. The molecule has 0 spiro atoms. The number of nitrogens with zero attached hydrogens (tertiary/aromatic N) is 4. The first-order chi connectivity index (χ1) is 9.45. The van der Waals surface area contributed by atoms with E-state index in [4.69, 9.17) is 0 Å². The van der Waals surface area contributed by atoms with Crippen molar-refractivity contribution in [3.63, 3.8) is 0 Å². The Hall–Kier alpha value is -0.430. The summed E-state index contributed by atoms with van der Waals surface area (Å²) in [6.45, 7) is 6.08. The molecule has 1 aromatic heterocycles. The second-order valence-electron chi connectivity index (χ2n) is 5.61. The van der Waals surface area contributed by atoms with Crippen molar-refractivity contribution in [1.29, 1.82) is 0 Å². The molecule has 1 unspecified atom stereocenters. The van der Waals surface area contributed by atoms with Crippen molar-refractivity contribution in [3.8, 4) is 0 Å². The van der Waals surface area contributed by atoms with Crippen LogP contribution in [-0.2, 0) is 6.54 Å². The van der Waals surface area contributed by atoms with Gasteiger partial charge in [-0.05, 0) is 63.6 Å². The van der Waals surface area contributed by atoms with Gasteiger partial charge in [-0.3, -0.25) is 4.68 Å². The number of hydrogen-bond acceptors (Lipinski definition) is 4. The van der Waals surface area contributed by atoms with Gasteiger partial charge in [0.2, 0.25) is 0 Å². The SMILES string of the molecule is CCNC(CCN(C)C)c1c(Br)cnn1CCN(C)C. The fourth-order valence-corrected chi connectivity index (χ4v) is 2.73. The van der Waals surface area contributed by atoms with E-state index in [9.17, 15) is 0 Å². The molecule has 0 saturated heterocycles. The van der Waals surface area contributed by atoms with E-state index in [1.54, 1.807) is 0 Å². The fourth-order valence-electron chi connectivity index (χ4n) is 2.16. The highest BCUT2D eigenvalue weighted by atomic mass is 79.9. The van der Waals surface area contributed by atoms with Crippen LogP contribution in [0.3, 0.4) is 0 Å². The Morgan fingerprint density at radius 2 is 1.90 bits per heavy atom. The Kier molecular flexibility index (Phi) is 7.72. The summed E-state index contributed by atoms with van der Waals surface area (Å²) in [6, 6.07) is 0.335. The summed E-state index contributed by atoms with van der Waals surface area (Å²) in [5.74, 6) is 0. The van der Waals surface area contributed by atoms with Gasteiger partial charge in [-0.15, -0.1) is 0 Å². The van der Waals surface area contributed by atoms with Crippen molar-refractivity contribution < 1.29 is 0 Å². The molecular weight excluding hydrogens is 318 g/mol. The molecule has 0 bridgehead atoms. The summed E-state index contributed by atoms with van der Waals surface area (Å²) in [7, 11) is 8.40. The minimum absolute atomic E-state index is 0.335. The zero-order chi connectivity index (χ0) is 15.1. The maximum atomic E-state index is 4.51. The normalized spacial score (nSPS) is 13.4. The van der Waals surface area contributed by atoms with Crippen LogP contribution in [0.15, 0.2) is 10.7 Å². The molecule has 1 N–H and O–H groups in total. The number of likely N-dealkylation sites (N-methyl/N-ethyl adjacent to an activating group) is 1. The van der Waals surface area contributed by atoms with Gasteiger partial charge in [0.25, 0.3) is 0 Å². The van der Waals surface area contributed by atoms with E-state index < -0.39 is 0 Å². The average Bonchev–Trinajstić information content (AvgIpc) is 2.73. The summed E-state index contributed by atoms with van der Waals surface area (Å²) in [4.78, 5) is 4.40. The van der Waals surface area contributed by atoms with Crippen LogP contribution in [0.4, 0.5) is 0 Å². The lowest BCUT2D eigenvalue weighted by atomic mass is 10.1. The van der Waals surface area contributed by atoms with Crippen LogP contribution in [0.2, 0.25) is 0 Å². The lowest BCUT2D eigenvalue weighted by Gasteiger charge is -2.22. The summed E-state index contributed by atoms with van der Waals surface area (Å²) < 4.78 is 3.22. The van der Waals surface area contributed by atoms with E-state index in [2.05, 4.69) is 75.9 Å². The molecule has 0 amide bonds. The molecular formula is C14H28BrN5. The molecule has 5 nitrogen and oxygen atoms in total. The maximum absolute atomic E-state index is 4.51. The van der Waals surface area contributed by atoms with Gasteiger partial charge in [0.05, 0.1) is 29.0 Å². The van der Waals surface area contributed by atoms with Gasteiger partial charge >= 0.3 is 0 Å². The molecule has 1 aromatic rings. The predicted molar refractivity (Wildman–Crippen MR) is 88.1 cm³/mol. The number of aromatic nitrogens is 2. The highest BCUT2D eigenvalue weighted by Gasteiger charge is 2.19. The Morgan fingerprint density at radius 1 is 1.25 bits per heavy atom. The van der Waals surface area contributed by atoms with Crippen LogP contribution < -0.4 is 5.32 Å². The second kappa shape index (κ2) is 8.77. The minimum atomic E-state index is 0.335. The standard InChI is InChI=1S/C14H28BrN5/c1-6-16-13(7-8-18(2)3)14-12(15)11-17-20(14)10-9-19(4)5/h11,13,16H,6-10H2,1-5H3. The monoisotopic (exact) mass is 345 g/mol. The van der Waals surface area contributed by atoms with Crippen LogP contribution in [0.25, 0.3) is 0 Å². The molecule has 0 aromatic carbocycles.